The Bertz CT molecular complexity index is 668. The van der Waals surface area contributed by atoms with Crippen LogP contribution in [0.25, 0.3) is 0 Å². The van der Waals surface area contributed by atoms with Gasteiger partial charge in [-0.15, -0.1) is 0 Å². The van der Waals surface area contributed by atoms with Crippen molar-refractivity contribution in [3.8, 4) is 0 Å². The Morgan fingerprint density at radius 2 is 1.54 bits per heavy atom. The van der Waals surface area contributed by atoms with Gasteiger partial charge < -0.3 is 10.6 Å². The predicted octanol–water partition coefficient (Wildman–Crippen LogP) is 4.92. The summed E-state index contributed by atoms with van der Waals surface area (Å²) in [5.74, 6) is 4.49. The average molecular weight is 403 g/mol. The number of nitrogens with one attached hydrogen (secondary N) is 2. The Labute approximate surface area is 157 Å². The first-order valence-corrected chi connectivity index (χ1v) is 10.4. The zero-order valence-electron chi connectivity index (χ0n) is 13.7. The molecular formula is C20H23BrN2S. The highest BCUT2D eigenvalue weighted by Crippen LogP contribution is 2.58. The molecule has 126 valence electrons. The lowest BCUT2D eigenvalue weighted by Crippen LogP contribution is -2.51. The monoisotopic (exact) mass is 402 g/mol. The van der Waals surface area contributed by atoms with Crippen LogP contribution in [0.5, 0.6) is 0 Å². The molecule has 0 amide bonds. The maximum absolute atomic E-state index is 5.55. The van der Waals surface area contributed by atoms with Crippen LogP contribution in [0.4, 0.5) is 0 Å². The molecule has 2 nitrogen and oxygen atoms in total. The van der Waals surface area contributed by atoms with Crippen LogP contribution in [0.3, 0.4) is 0 Å². The zero-order valence-corrected chi connectivity index (χ0v) is 16.1. The molecule has 0 aromatic heterocycles. The van der Waals surface area contributed by atoms with Gasteiger partial charge in [-0.05, 0) is 91.8 Å². The van der Waals surface area contributed by atoms with Crippen molar-refractivity contribution >= 4 is 33.3 Å². The summed E-state index contributed by atoms with van der Waals surface area (Å²) in [5.41, 5.74) is 2.68. The van der Waals surface area contributed by atoms with E-state index in [9.17, 15) is 0 Å². The van der Waals surface area contributed by atoms with Gasteiger partial charge in [0.1, 0.15) is 0 Å². The van der Waals surface area contributed by atoms with Crippen LogP contribution in [-0.2, 0) is 0 Å². The van der Waals surface area contributed by atoms with E-state index in [0.717, 1.165) is 33.3 Å². The van der Waals surface area contributed by atoms with Crippen molar-refractivity contribution in [3.05, 3.63) is 46.1 Å². The third-order valence-electron chi connectivity index (χ3n) is 6.71. The van der Waals surface area contributed by atoms with E-state index in [-0.39, 0.29) is 6.04 Å². The minimum atomic E-state index is 0.194. The van der Waals surface area contributed by atoms with Crippen molar-refractivity contribution in [3.63, 3.8) is 0 Å². The SMILES string of the molecule is S=C1NC(C2C3CC4CC(C3)CC2C4)=CC(c2ccc(Br)cc2)N1. The van der Waals surface area contributed by atoms with Crippen molar-refractivity contribution in [1.29, 1.82) is 0 Å². The molecule has 0 spiro atoms. The number of halogens is 1. The number of hydrogen-bond acceptors (Lipinski definition) is 1. The fourth-order valence-corrected chi connectivity index (χ4v) is 6.56. The van der Waals surface area contributed by atoms with Gasteiger partial charge in [0.15, 0.2) is 5.11 Å². The third-order valence-corrected chi connectivity index (χ3v) is 7.45. The maximum atomic E-state index is 5.55. The molecule has 0 saturated heterocycles. The molecule has 4 saturated carbocycles. The van der Waals surface area contributed by atoms with Crippen molar-refractivity contribution in [2.45, 2.75) is 38.1 Å². The van der Waals surface area contributed by atoms with E-state index >= 15 is 0 Å². The van der Waals surface area contributed by atoms with Crippen LogP contribution in [0.15, 0.2) is 40.5 Å². The molecule has 4 bridgehead atoms. The first kappa shape index (κ1) is 15.4. The van der Waals surface area contributed by atoms with Crippen molar-refractivity contribution in [1.82, 2.24) is 10.6 Å². The first-order chi connectivity index (χ1) is 11.7. The van der Waals surface area contributed by atoms with E-state index in [0.29, 0.717) is 5.92 Å². The Morgan fingerprint density at radius 1 is 0.917 bits per heavy atom. The van der Waals surface area contributed by atoms with Crippen LogP contribution < -0.4 is 10.6 Å². The van der Waals surface area contributed by atoms with E-state index in [2.05, 4.69) is 56.9 Å². The molecule has 1 atom stereocenters. The van der Waals surface area contributed by atoms with E-state index < -0.39 is 0 Å². The Kier molecular flexibility index (Phi) is 3.75. The molecule has 5 aliphatic rings. The molecule has 4 heteroatoms. The third kappa shape index (κ3) is 2.62. The van der Waals surface area contributed by atoms with Crippen LogP contribution in [0.2, 0.25) is 0 Å². The quantitative estimate of drug-likeness (QED) is 0.686. The standard InChI is InChI=1S/C20H23BrN2S/c21-16-3-1-13(2-4-16)17-10-18(23-20(24)22-17)19-14-6-11-5-12(8-14)9-15(19)7-11/h1-4,10-12,14-15,17,19H,5-9H2,(H2,22,23,24). The van der Waals surface area contributed by atoms with Gasteiger partial charge in [-0.3, -0.25) is 0 Å². The number of benzene rings is 1. The van der Waals surface area contributed by atoms with Crippen molar-refractivity contribution in [2.75, 3.05) is 0 Å². The van der Waals surface area contributed by atoms with Gasteiger partial charge in [-0.25, -0.2) is 0 Å². The van der Waals surface area contributed by atoms with E-state index in [1.807, 2.05) is 0 Å². The summed E-state index contributed by atoms with van der Waals surface area (Å²) in [7, 11) is 0. The highest BCUT2D eigenvalue weighted by molar-refractivity contribution is 9.10. The molecule has 1 aromatic carbocycles. The molecule has 6 rings (SSSR count). The van der Waals surface area contributed by atoms with E-state index in [1.165, 1.54) is 43.4 Å². The lowest BCUT2D eigenvalue weighted by Gasteiger charge is -2.55. The van der Waals surface area contributed by atoms with Gasteiger partial charge in [0, 0.05) is 16.1 Å². The Balaban J connectivity index is 1.46. The number of rotatable bonds is 2. The number of allylic oxidation sites excluding steroid dienone is 1. The Morgan fingerprint density at radius 3 is 2.17 bits per heavy atom. The summed E-state index contributed by atoms with van der Waals surface area (Å²) < 4.78 is 1.12. The van der Waals surface area contributed by atoms with Gasteiger partial charge in [0.25, 0.3) is 0 Å². The van der Waals surface area contributed by atoms with Gasteiger partial charge >= 0.3 is 0 Å². The molecule has 1 unspecified atom stereocenters. The molecule has 1 aromatic rings. The largest absolute Gasteiger partial charge is 0.352 e. The van der Waals surface area contributed by atoms with Crippen molar-refractivity contribution < 1.29 is 0 Å². The van der Waals surface area contributed by atoms with E-state index in [4.69, 9.17) is 12.2 Å². The number of hydrogen-bond donors (Lipinski definition) is 2. The molecule has 24 heavy (non-hydrogen) atoms. The summed E-state index contributed by atoms with van der Waals surface area (Å²) in [6.07, 6.45) is 9.69. The van der Waals surface area contributed by atoms with E-state index in [1.54, 1.807) is 0 Å². The molecular weight excluding hydrogens is 380 g/mol. The summed E-state index contributed by atoms with van der Waals surface area (Å²) in [6, 6.07) is 8.78. The average Bonchev–Trinajstić information content (AvgIpc) is 2.54. The minimum Gasteiger partial charge on any atom is -0.352 e. The van der Waals surface area contributed by atoms with Crippen LogP contribution in [-0.4, -0.2) is 5.11 Å². The van der Waals surface area contributed by atoms with Gasteiger partial charge in [-0.1, -0.05) is 28.1 Å². The van der Waals surface area contributed by atoms with Crippen LogP contribution in [0, 0.1) is 29.6 Å². The molecule has 0 radical (unpaired) electrons. The van der Waals surface area contributed by atoms with Crippen LogP contribution in [0.1, 0.15) is 43.7 Å². The smallest absolute Gasteiger partial charge is 0.171 e. The molecule has 1 heterocycles. The fraction of sp³-hybridized carbons (Fsp3) is 0.550. The predicted molar refractivity (Wildman–Crippen MR) is 104 cm³/mol. The summed E-state index contributed by atoms with van der Waals surface area (Å²) >= 11 is 9.07. The van der Waals surface area contributed by atoms with Crippen LogP contribution >= 0.6 is 28.1 Å². The summed E-state index contributed by atoms with van der Waals surface area (Å²) in [5, 5.41) is 7.75. The normalized spacial score (nSPS) is 40.0. The van der Waals surface area contributed by atoms with Gasteiger partial charge in [0.05, 0.1) is 6.04 Å². The summed E-state index contributed by atoms with van der Waals surface area (Å²) in [6.45, 7) is 0. The topological polar surface area (TPSA) is 24.1 Å². The van der Waals surface area contributed by atoms with Gasteiger partial charge in [-0.2, -0.15) is 0 Å². The zero-order chi connectivity index (χ0) is 16.3. The highest BCUT2D eigenvalue weighted by Gasteiger charge is 2.49. The van der Waals surface area contributed by atoms with Crippen molar-refractivity contribution in [2.24, 2.45) is 29.6 Å². The lowest BCUT2D eigenvalue weighted by atomic mass is 9.51. The highest BCUT2D eigenvalue weighted by atomic mass is 79.9. The first-order valence-electron chi connectivity index (χ1n) is 9.20. The second kappa shape index (κ2) is 5.84. The lowest BCUT2D eigenvalue weighted by molar-refractivity contribution is -0.0226. The second-order valence-electron chi connectivity index (χ2n) is 8.21. The minimum absolute atomic E-state index is 0.194. The molecule has 1 aliphatic heterocycles. The maximum Gasteiger partial charge on any atom is 0.171 e. The summed E-state index contributed by atoms with van der Waals surface area (Å²) in [4.78, 5) is 0. The molecule has 4 fully saturated rings. The second-order valence-corrected chi connectivity index (χ2v) is 9.53. The van der Waals surface area contributed by atoms with Gasteiger partial charge in [0.2, 0.25) is 0 Å². The fourth-order valence-electron chi connectivity index (χ4n) is 6.05. The number of thiocarbonyl (C=S) groups is 1. The molecule has 4 aliphatic carbocycles. The Hall–Kier alpha value is -0.870. The molecule has 2 N–H and O–H groups in total.